The fourth-order valence-corrected chi connectivity index (χ4v) is 13.6. The van der Waals surface area contributed by atoms with Crippen LogP contribution < -0.4 is 5.73 Å². The molecule has 6 saturated heterocycles. The average Bonchev–Trinajstić information content (AvgIpc) is 4.10. The third-order valence-corrected chi connectivity index (χ3v) is 18.1. The van der Waals surface area contributed by atoms with Crippen molar-refractivity contribution in [1.82, 2.24) is 9.80 Å². The molecular formula is C49H45Cl3F9N3O5S4. The van der Waals surface area contributed by atoms with Gasteiger partial charge in [0.25, 0.3) is 5.24 Å². The number of Topliss-reactive ketones (excluding diaryl/α,β-unsaturated/α-hetero) is 1. The Morgan fingerprint density at radius 3 is 1.44 bits per heavy atom. The summed E-state index contributed by atoms with van der Waals surface area (Å²) >= 11 is 9.09. The van der Waals surface area contributed by atoms with Crippen molar-refractivity contribution in [1.29, 1.82) is 0 Å². The second kappa shape index (κ2) is 23.0. The highest BCUT2D eigenvalue weighted by molar-refractivity contribution is 8.26. The molecule has 2 unspecified atom stereocenters. The summed E-state index contributed by atoms with van der Waals surface area (Å²) in [6, 6.07) is 16.1. The van der Waals surface area contributed by atoms with E-state index in [1.54, 1.807) is 17.5 Å². The lowest BCUT2D eigenvalue weighted by Crippen LogP contribution is -2.63. The molecule has 2 N–H and O–H groups in total. The number of hydrogen-bond donors (Lipinski definition) is 1. The standard InChI is InChI=1S/C20H20F3NOS.C10H4ClF3OS.C9H5F3S.C9H16N2.CO2.Cl2OS/c21-20(22,23)14-1-2-17-13(9-14)10-18(26-17)16(25)11-15-12-3-7-24(8-4-12)19(15)5-6-19;11-9(15)8-4-5-3-6(10(12,13)14)1-2-7(5)16-8;10-9(11,12)7-1-2-8-6(5-7)3-4-13-8;10-8-7-1-5-11(6-2-7)9(8)3-4-9;2-1-3;1-4(2)3/h1-2,9-10,12,15H,3-8,11H2;1-4H;1-5H;7-8H,1-6,10H2;;. The maximum absolute atomic E-state index is 12.9. The minimum absolute atomic E-state index is 0.102. The topological polar surface area (TPSA) is 118 Å². The summed E-state index contributed by atoms with van der Waals surface area (Å²) in [6.07, 6.45) is -1.93. The lowest BCUT2D eigenvalue weighted by molar-refractivity contribution is -0.191. The molecule has 9 heterocycles. The third kappa shape index (κ3) is 13.6. The van der Waals surface area contributed by atoms with E-state index in [1.165, 1.54) is 131 Å². The van der Waals surface area contributed by atoms with E-state index in [9.17, 15) is 49.1 Å². The van der Waals surface area contributed by atoms with Crippen LogP contribution in [0.2, 0.25) is 0 Å². The van der Waals surface area contributed by atoms with Crippen molar-refractivity contribution in [2.24, 2.45) is 23.5 Å². The number of carbonyl (C=O) groups is 2. The van der Waals surface area contributed by atoms with Gasteiger partial charge in [-0.15, -0.1) is 34.0 Å². The van der Waals surface area contributed by atoms with E-state index < -0.39 is 49.7 Å². The zero-order valence-electron chi connectivity index (χ0n) is 38.2. The Hall–Kier alpha value is -3.47. The van der Waals surface area contributed by atoms with Crippen LogP contribution in [0.5, 0.6) is 0 Å². The molecule has 6 aliphatic heterocycles. The molecule has 8 nitrogen and oxygen atoms in total. The summed E-state index contributed by atoms with van der Waals surface area (Å²) in [7, 11) is 7.36. The average molecular weight is 1160 g/mol. The maximum Gasteiger partial charge on any atom is 0.416 e. The summed E-state index contributed by atoms with van der Waals surface area (Å²) in [4.78, 5) is 46.1. The van der Waals surface area contributed by atoms with Gasteiger partial charge in [-0.1, -0.05) is 0 Å². The molecule has 2 saturated carbocycles. The zero-order valence-corrected chi connectivity index (χ0v) is 43.7. The SMILES string of the molecule is FC(F)(F)c1ccc2sccc2c1.NC1C2CCN(CC2)C12CC2.O=C(CC1C2CCN(CC2)C12CC2)c1cc2cc(C(F)(F)F)ccc2s1.O=C(Cl)c1cc2cc(C(F)(F)F)ccc2s1.O=C=O.O=S(Cl)Cl. The van der Waals surface area contributed by atoms with Gasteiger partial charge in [-0.05, 0) is 201 Å². The largest absolute Gasteiger partial charge is 0.416 e. The number of halogens is 12. The highest BCUT2D eigenvalue weighted by Crippen LogP contribution is 2.59. The molecule has 2 aliphatic carbocycles. The van der Waals surface area contributed by atoms with Crippen LogP contribution in [-0.4, -0.2) is 74.5 Å². The van der Waals surface area contributed by atoms with Gasteiger partial charge in [-0.3, -0.25) is 19.4 Å². The first-order valence-corrected chi connectivity index (χ1v) is 28.5. The highest BCUT2D eigenvalue weighted by atomic mass is 36.0. The van der Waals surface area contributed by atoms with Gasteiger partial charge < -0.3 is 5.73 Å². The zero-order chi connectivity index (χ0) is 53.3. The quantitative estimate of drug-likeness (QED) is 0.105. The number of nitrogens with two attached hydrogens (primary N) is 1. The molecule has 24 heteroatoms. The van der Waals surface area contributed by atoms with Crippen LogP contribution in [0.4, 0.5) is 39.5 Å². The van der Waals surface area contributed by atoms with Crippen molar-refractivity contribution >= 4 is 124 Å². The van der Waals surface area contributed by atoms with Crippen molar-refractivity contribution in [3.63, 3.8) is 0 Å². The van der Waals surface area contributed by atoms with Crippen LogP contribution in [0, 0.1) is 17.8 Å². The fraction of sp³-hybridized carbons (Fsp3) is 0.449. The number of alkyl halides is 9. The molecule has 73 heavy (non-hydrogen) atoms. The molecule has 6 aromatic rings. The molecule has 2 spiro atoms. The van der Waals surface area contributed by atoms with Crippen molar-refractivity contribution < 1.29 is 62.9 Å². The molecule has 394 valence electrons. The smallest absolute Gasteiger partial charge is 0.326 e. The summed E-state index contributed by atoms with van der Waals surface area (Å²) in [5.74, 6) is 2.03. The maximum atomic E-state index is 12.9. The van der Waals surface area contributed by atoms with E-state index in [1.807, 2.05) is 0 Å². The van der Waals surface area contributed by atoms with Gasteiger partial charge in [-0.2, -0.15) is 49.1 Å². The van der Waals surface area contributed by atoms with Crippen LogP contribution in [0.15, 0.2) is 78.2 Å². The van der Waals surface area contributed by atoms with Crippen molar-refractivity contribution in [3.8, 4) is 0 Å². The monoisotopic (exact) mass is 1160 g/mol. The van der Waals surface area contributed by atoms with Gasteiger partial charge in [0.1, 0.15) is 0 Å². The van der Waals surface area contributed by atoms with Gasteiger partial charge >= 0.3 is 24.7 Å². The number of hydrogen-bond acceptors (Lipinski definition) is 11. The Bertz CT molecular complexity index is 2980. The van der Waals surface area contributed by atoms with E-state index in [2.05, 4.69) is 31.2 Å². The number of benzene rings is 3. The Labute approximate surface area is 441 Å². The van der Waals surface area contributed by atoms with Crippen molar-refractivity contribution in [3.05, 3.63) is 105 Å². The van der Waals surface area contributed by atoms with Crippen LogP contribution in [0.3, 0.4) is 0 Å². The molecule has 3 aromatic heterocycles. The Morgan fingerprint density at radius 2 is 1.03 bits per heavy atom. The fourth-order valence-electron chi connectivity index (χ4n) is 10.8. The van der Waals surface area contributed by atoms with Gasteiger partial charge in [0.2, 0.25) is 9.23 Å². The van der Waals surface area contributed by atoms with Crippen LogP contribution in [0.1, 0.15) is 93.8 Å². The van der Waals surface area contributed by atoms with E-state index >= 15 is 0 Å². The van der Waals surface area contributed by atoms with Crippen LogP contribution >= 0.6 is 67.0 Å². The number of fused-ring (bicyclic) bond motifs is 7. The van der Waals surface area contributed by atoms with Gasteiger partial charge in [-0.25, -0.2) is 4.21 Å². The molecule has 14 rings (SSSR count). The predicted octanol–water partition coefficient (Wildman–Crippen LogP) is 14.6. The normalized spacial score (nSPS) is 23.6. The summed E-state index contributed by atoms with van der Waals surface area (Å²) in [5.41, 5.74) is 5.02. The number of thiophene rings is 3. The molecule has 3 aromatic carbocycles. The molecular weight excluding hydrogens is 1120 g/mol. The van der Waals surface area contributed by atoms with Gasteiger partial charge in [0.15, 0.2) is 5.78 Å². The Balaban J connectivity index is 0.000000143. The summed E-state index contributed by atoms with van der Waals surface area (Å²) < 4.78 is 124. The highest BCUT2D eigenvalue weighted by Gasteiger charge is 2.61. The van der Waals surface area contributed by atoms with E-state index in [0.29, 0.717) is 55.6 Å². The minimum atomic E-state index is -4.37. The third-order valence-electron chi connectivity index (χ3n) is 14.6. The predicted molar refractivity (Wildman–Crippen MR) is 268 cm³/mol. The molecule has 0 radical (unpaired) electrons. The Kier molecular flexibility index (Phi) is 18.0. The number of carbonyl (C=O) groups excluding carboxylic acids is 4. The van der Waals surface area contributed by atoms with E-state index in [-0.39, 0.29) is 22.4 Å². The second-order valence-electron chi connectivity index (χ2n) is 18.6. The molecule has 4 bridgehead atoms. The molecule has 8 fully saturated rings. The van der Waals surface area contributed by atoms with Crippen LogP contribution in [0.25, 0.3) is 30.3 Å². The van der Waals surface area contributed by atoms with E-state index in [4.69, 9.17) is 31.1 Å². The molecule has 0 amide bonds. The van der Waals surface area contributed by atoms with Crippen molar-refractivity contribution in [2.75, 3.05) is 26.2 Å². The molecule has 2 atom stereocenters. The molecule has 8 aliphatic rings. The Morgan fingerprint density at radius 1 is 0.630 bits per heavy atom. The lowest BCUT2D eigenvalue weighted by Gasteiger charge is -2.52. The number of piperidine rings is 6. The first-order chi connectivity index (χ1) is 34.3. The first kappa shape index (κ1) is 57.2. The summed E-state index contributed by atoms with van der Waals surface area (Å²) in [5, 5.41) is 2.67. The minimum Gasteiger partial charge on any atom is -0.326 e. The van der Waals surface area contributed by atoms with Gasteiger partial charge in [0, 0.05) is 59.0 Å². The number of rotatable bonds is 4. The first-order valence-electron chi connectivity index (χ1n) is 22.8. The number of ketones is 1. The number of nitrogens with zero attached hydrogens (tertiary/aromatic N) is 2. The summed E-state index contributed by atoms with van der Waals surface area (Å²) in [6.45, 7) is 4.99. The lowest BCUT2D eigenvalue weighted by atomic mass is 9.70. The van der Waals surface area contributed by atoms with E-state index in [0.717, 1.165) is 57.0 Å². The van der Waals surface area contributed by atoms with Crippen LogP contribution in [-0.2, 0) is 37.3 Å². The van der Waals surface area contributed by atoms with Gasteiger partial charge in [0.05, 0.1) is 26.4 Å². The second-order valence-corrected chi connectivity index (χ2v) is 24.5. The van der Waals surface area contributed by atoms with Crippen molar-refractivity contribution in [2.45, 2.75) is 93.4 Å².